The molecule has 0 heterocycles. The van der Waals surface area contributed by atoms with E-state index in [0.29, 0.717) is 27.8 Å². The van der Waals surface area contributed by atoms with Gasteiger partial charge in [-0.2, -0.15) is 11.8 Å². The van der Waals surface area contributed by atoms with E-state index in [0.717, 1.165) is 0 Å². The van der Waals surface area contributed by atoms with Crippen molar-refractivity contribution in [1.29, 1.82) is 0 Å². The third-order valence-corrected chi connectivity index (χ3v) is 3.98. The number of nitrogens with one attached hydrogen (secondary N) is 1. The molecule has 0 bridgehead atoms. The second kappa shape index (κ2) is 8.39. The van der Waals surface area contributed by atoms with Crippen LogP contribution in [-0.2, 0) is 16.0 Å². The first-order chi connectivity index (χ1) is 9.43. The van der Waals surface area contributed by atoms with Crippen LogP contribution in [0, 0.1) is 0 Å². The molecule has 0 aliphatic carbocycles. The number of carbonyl (C=O) groups is 2. The lowest BCUT2D eigenvalue weighted by Crippen LogP contribution is -2.41. The van der Waals surface area contributed by atoms with Gasteiger partial charge in [-0.15, -0.1) is 0 Å². The highest BCUT2D eigenvalue weighted by atomic mass is 35.5. The molecule has 1 atom stereocenters. The standard InChI is InChI=1S/C13H15Cl2NO3S/c1-20-5-4-11(13(18)19)16-12(17)7-8-2-3-9(14)10(15)6-8/h2-3,6,11H,4-5,7H2,1H3,(H,16,17)(H,18,19)/t11-/m1/s1. The maximum absolute atomic E-state index is 11.8. The number of hydrogen-bond acceptors (Lipinski definition) is 3. The molecule has 0 saturated heterocycles. The third-order valence-electron chi connectivity index (χ3n) is 2.59. The van der Waals surface area contributed by atoms with Crippen molar-refractivity contribution in [1.82, 2.24) is 5.32 Å². The predicted molar refractivity (Wildman–Crippen MR) is 82.7 cm³/mol. The first-order valence-electron chi connectivity index (χ1n) is 5.89. The van der Waals surface area contributed by atoms with Crippen molar-refractivity contribution in [3.63, 3.8) is 0 Å². The highest BCUT2D eigenvalue weighted by molar-refractivity contribution is 7.98. The number of carboxylic acid groups (broad SMARTS) is 1. The fraction of sp³-hybridized carbons (Fsp3) is 0.385. The molecule has 20 heavy (non-hydrogen) atoms. The number of aliphatic carboxylic acids is 1. The molecule has 0 aromatic heterocycles. The quantitative estimate of drug-likeness (QED) is 0.804. The van der Waals surface area contributed by atoms with Crippen LogP contribution < -0.4 is 5.32 Å². The fourth-order valence-electron chi connectivity index (χ4n) is 1.57. The smallest absolute Gasteiger partial charge is 0.326 e. The minimum Gasteiger partial charge on any atom is -0.480 e. The summed E-state index contributed by atoms with van der Waals surface area (Å²) in [5.41, 5.74) is 0.686. The van der Waals surface area contributed by atoms with Crippen LogP contribution >= 0.6 is 35.0 Å². The summed E-state index contributed by atoms with van der Waals surface area (Å²) < 4.78 is 0. The van der Waals surface area contributed by atoms with E-state index in [9.17, 15) is 9.59 Å². The van der Waals surface area contributed by atoms with Gasteiger partial charge in [0.15, 0.2) is 0 Å². The molecule has 2 N–H and O–H groups in total. The average Bonchev–Trinajstić information content (AvgIpc) is 2.38. The van der Waals surface area contributed by atoms with Crippen LogP contribution in [0.2, 0.25) is 10.0 Å². The topological polar surface area (TPSA) is 66.4 Å². The maximum atomic E-state index is 11.8. The van der Waals surface area contributed by atoms with E-state index in [-0.39, 0.29) is 12.3 Å². The Kier molecular flexibility index (Phi) is 7.19. The van der Waals surface area contributed by atoms with Crippen LogP contribution in [0.3, 0.4) is 0 Å². The first-order valence-corrected chi connectivity index (χ1v) is 8.04. The van der Waals surface area contributed by atoms with Crippen LogP contribution in [0.25, 0.3) is 0 Å². The molecule has 1 rings (SSSR count). The molecule has 0 aliphatic rings. The fourth-order valence-corrected chi connectivity index (χ4v) is 2.37. The summed E-state index contributed by atoms with van der Waals surface area (Å²) in [5, 5.41) is 12.3. The van der Waals surface area contributed by atoms with Crippen molar-refractivity contribution in [3.05, 3.63) is 33.8 Å². The summed E-state index contributed by atoms with van der Waals surface area (Å²) in [7, 11) is 0. The second-order valence-electron chi connectivity index (χ2n) is 4.17. The summed E-state index contributed by atoms with van der Waals surface area (Å²) in [6.45, 7) is 0. The Morgan fingerprint density at radius 3 is 2.60 bits per heavy atom. The lowest BCUT2D eigenvalue weighted by Gasteiger charge is -2.14. The number of hydrogen-bond donors (Lipinski definition) is 2. The van der Waals surface area contributed by atoms with E-state index < -0.39 is 12.0 Å². The lowest BCUT2D eigenvalue weighted by atomic mass is 10.1. The highest BCUT2D eigenvalue weighted by Gasteiger charge is 2.19. The summed E-state index contributed by atoms with van der Waals surface area (Å²) in [6.07, 6.45) is 2.35. The highest BCUT2D eigenvalue weighted by Crippen LogP contribution is 2.22. The van der Waals surface area contributed by atoms with Crippen molar-refractivity contribution in [2.24, 2.45) is 0 Å². The molecule has 0 unspecified atom stereocenters. The van der Waals surface area contributed by atoms with Gasteiger partial charge in [0.1, 0.15) is 6.04 Å². The molecular weight excluding hydrogens is 321 g/mol. The van der Waals surface area contributed by atoms with E-state index in [1.54, 1.807) is 18.2 Å². The number of halogens is 2. The van der Waals surface area contributed by atoms with Crippen LogP contribution in [0.15, 0.2) is 18.2 Å². The van der Waals surface area contributed by atoms with Crippen LogP contribution in [0.5, 0.6) is 0 Å². The number of thioether (sulfide) groups is 1. The van der Waals surface area contributed by atoms with E-state index in [2.05, 4.69) is 5.32 Å². The number of carbonyl (C=O) groups excluding carboxylic acids is 1. The Bertz CT molecular complexity index is 497. The van der Waals surface area contributed by atoms with Gasteiger partial charge in [0.05, 0.1) is 16.5 Å². The summed E-state index contributed by atoms with van der Waals surface area (Å²) in [4.78, 5) is 22.9. The summed E-state index contributed by atoms with van der Waals surface area (Å²) >= 11 is 13.2. The van der Waals surface area contributed by atoms with Gasteiger partial charge in [0, 0.05) is 0 Å². The van der Waals surface area contributed by atoms with Crippen LogP contribution in [0.4, 0.5) is 0 Å². The van der Waals surface area contributed by atoms with Crippen molar-refractivity contribution in [2.45, 2.75) is 18.9 Å². The molecule has 0 radical (unpaired) electrons. The first kappa shape index (κ1) is 17.1. The summed E-state index contributed by atoms with van der Waals surface area (Å²) in [6, 6.07) is 4.03. The average molecular weight is 336 g/mol. The molecule has 1 aromatic carbocycles. The van der Waals surface area contributed by atoms with E-state index in [4.69, 9.17) is 28.3 Å². The Morgan fingerprint density at radius 2 is 2.05 bits per heavy atom. The molecule has 4 nitrogen and oxygen atoms in total. The molecule has 110 valence electrons. The Hall–Kier alpha value is -0.910. The van der Waals surface area contributed by atoms with Crippen molar-refractivity contribution < 1.29 is 14.7 Å². The van der Waals surface area contributed by atoms with E-state index in [1.807, 2.05) is 6.26 Å². The van der Waals surface area contributed by atoms with Crippen LogP contribution in [-0.4, -0.2) is 35.0 Å². The number of amides is 1. The number of benzene rings is 1. The van der Waals surface area contributed by atoms with Gasteiger partial charge in [-0.3, -0.25) is 4.79 Å². The largest absolute Gasteiger partial charge is 0.480 e. The van der Waals surface area contributed by atoms with Gasteiger partial charge < -0.3 is 10.4 Å². The number of carboxylic acids is 1. The van der Waals surface area contributed by atoms with Gasteiger partial charge in [-0.1, -0.05) is 29.3 Å². The zero-order valence-electron chi connectivity index (χ0n) is 10.9. The normalized spacial score (nSPS) is 11.9. The molecule has 0 saturated carbocycles. The molecule has 1 amide bonds. The molecule has 0 aliphatic heterocycles. The zero-order chi connectivity index (χ0) is 15.1. The van der Waals surface area contributed by atoms with Crippen LogP contribution in [0.1, 0.15) is 12.0 Å². The number of rotatable bonds is 7. The maximum Gasteiger partial charge on any atom is 0.326 e. The Balaban J connectivity index is 2.60. The Labute approximate surface area is 131 Å². The van der Waals surface area contributed by atoms with Gasteiger partial charge in [0.25, 0.3) is 0 Å². The molecule has 0 spiro atoms. The van der Waals surface area contributed by atoms with E-state index in [1.165, 1.54) is 11.8 Å². The zero-order valence-corrected chi connectivity index (χ0v) is 13.2. The third kappa shape index (κ3) is 5.61. The second-order valence-corrected chi connectivity index (χ2v) is 5.97. The molecule has 0 fully saturated rings. The van der Waals surface area contributed by atoms with Crippen molar-refractivity contribution in [3.8, 4) is 0 Å². The lowest BCUT2D eigenvalue weighted by molar-refractivity contribution is -0.141. The van der Waals surface area contributed by atoms with Gasteiger partial charge >= 0.3 is 5.97 Å². The van der Waals surface area contributed by atoms with Crippen molar-refractivity contribution in [2.75, 3.05) is 12.0 Å². The summed E-state index contributed by atoms with van der Waals surface area (Å²) in [5.74, 6) is -0.706. The van der Waals surface area contributed by atoms with Gasteiger partial charge in [-0.05, 0) is 36.1 Å². The van der Waals surface area contributed by atoms with E-state index >= 15 is 0 Å². The monoisotopic (exact) mass is 335 g/mol. The molecule has 1 aromatic rings. The molecule has 7 heteroatoms. The minimum absolute atomic E-state index is 0.0694. The predicted octanol–water partition coefficient (Wildman–Crippen LogP) is 2.86. The van der Waals surface area contributed by atoms with Gasteiger partial charge in [0.2, 0.25) is 5.91 Å². The SMILES string of the molecule is CSCC[C@@H](NC(=O)Cc1ccc(Cl)c(Cl)c1)C(=O)O. The minimum atomic E-state index is -1.03. The Morgan fingerprint density at radius 1 is 1.35 bits per heavy atom. The van der Waals surface area contributed by atoms with Crippen molar-refractivity contribution >= 4 is 46.8 Å². The molecular formula is C13H15Cl2NO3S. The van der Waals surface area contributed by atoms with Gasteiger partial charge in [-0.25, -0.2) is 4.79 Å².